The first-order chi connectivity index (χ1) is 17.8. The summed E-state index contributed by atoms with van der Waals surface area (Å²) in [6.45, 7) is 16.1. The molecule has 3 aromatic rings. The van der Waals surface area contributed by atoms with E-state index < -0.39 is 23.2 Å². The van der Waals surface area contributed by atoms with E-state index in [0.29, 0.717) is 21.9 Å². The van der Waals surface area contributed by atoms with Gasteiger partial charge in [-0.3, -0.25) is 9.48 Å². The summed E-state index contributed by atoms with van der Waals surface area (Å²) in [4.78, 5) is 34.7. The van der Waals surface area contributed by atoms with E-state index in [4.69, 9.17) is 9.47 Å². The lowest BCUT2D eigenvalue weighted by Gasteiger charge is -2.40. The number of esters is 1. The number of carbonyl (C=O) groups is 2. The average Bonchev–Trinajstić information content (AvgIpc) is 3.58. The topological polar surface area (TPSA) is 86.6 Å². The van der Waals surface area contributed by atoms with E-state index in [1.807, 2.05) is 32.2 Å². The minimum absolute atomic E-state index is 0.110. The molecule has 0 spiro atoms. The maximum atomic E-state index is 14.5. The fraction of sp³-hybridized carbons (Fsp3) is 0.448. The van der Waals surface area contributed by atoms with Crippen molar-refractivity contribution in [1.29, 1.82) is 0 Å². The van der Waals surface area contributed by atoms with Gasteiger partial charge < -0.3 is 14.4 Å². The molecule has 0 aliphatic carbocycles. The van der Waals surface area contributed by atoms with Crippen LogP contribution in [0.3, 0.4) is 0 Å². The van der Waals surface area contributed by atoms with Crippen molar-refractivity contribution in [2.24, 2.45) is 0 Å². The highest BCUT2D eigenvalue weighted by atomic mass is 32.1. The Morgan fingerprint density at radius 3 is 2.47 bits per heavy atom. The minimum atomic E-state index is -1.39. The van der Waals surface area contributed by atoms with Crippen LogP contribution in [0.25, 0.3) is 0 Å². The number of likely N-dealkylation sites (tertiary alicyclic amines) is 1. The van der Waals surface area contributed by atoms with Crippen molar-refractivity contribution in [2.75, 3.05) is 7.11 Å². The minimum Gasteiger partial charge on any atom is -0.496 e. The molecule has 1 saturated heterocycles. The van der Waals surface area contributed by atoms with E-state index in [0.717, 1.165) is 5.56 Å². The van der Waals surface area contributed by atoms with Gasteiger partial charge in [0.05, 0.1) is 13.7 Å². The molecule has 0 bridgehead atoms. The Bertz CT molecular complexity index is 1320. The smallest absolute Gasteiger partial charge is 0.334 e. The largest absolute Gasteiger partial charge is 0.496 e. The van der Waals surface area contributed by atoms with Crippen molar-refractivity contribution < 1.29 is 19.1 Å². The highest BCUT2D eigenvalue weighted by molar-refractivity contribution is 7.09. The van der Waals surface area contributed by atoms with Crippen LogP contribution in [0.1, 0.15) is 74.9 Å². The number of methoxy groups -OCH3 is 1. The zero-order valence-electron chi connectivity index (χ0n) is 23.1. The number of ether oxygens (including phenoxy) is 2. The molecule has 8 nitrogen and oxygen atoms in total. The summed E-state index contributed by atoms with van der Waals surface area (Å²) in [5, 5.41) is 6.90. The fourth-order valence-electron chi connectivity index (χ4n) is 4.94. The summed E-state index contributed by atoms with van der Waals surface area (Å²) in [5.74, 6) is -0.227. The molecule has 1 aliphatic rings. The zero-order chi connectivity index (χ0) is 27.9. The first-order valence-electron chi connectivity index (χ1n) is 12.6. The number of amides is 1. The van der Waals surface area contributed by atoms with Gasteiger partial charge in [-0.1, -0.05) is 33.4 Å². The highest BCUT2D eigenvalue weighted by Gasteiger charge is 2.59. The van der Waals surface area contributed by atoms with Crippen molar-refractivity contribution in [3.63, 3.8) is 0 Å². The molecule has 38 heavy (non-hydrogen) atoms. The van der Waals surface area contributed by atoms with Crippen LogP contribution in [-0.2, 0) is 21.5 Å². The molecule has 1 aliphatic heterocycles. The standard InChI is InChI=1S/C29H36N4O4S/c1-19-17-29(18-32-14-9-12-31-32,26(35)37-28(5,6)7)33(23(19)24-30-13-15-38-24)25(34)20-10-11-21(27(2,3)4)22(16-20)36-8/h9-16,23H,1,17-18H2,2-8H3. The Labute approximate surface area is 228 Å². The van der Waals surface area contributed by atoms with Crippen LogP contribution in [-0.4, -0.2) is 49.8 Å². The van der Waals surface area contributed by atoms with Gasteiger partial charge in [-0.05, 0) is 55.5 Å². The van der Waals surface area contributed by atoms with Gasteiger partial charge in [0.15, 0.2) is 5.54 Å². The van der Waals surface area contributed by atoms with Crippen molar-refractivity contribution in [1.82, 2.24) is 19.7 Å². The van der Waals surface area contributed by atoms with Crippen molar-refractivity contribution >= 4 is 23.2 Å². The van der Waals surface area contributed by atoms with Gasteiger partial charge in [0.1, 0.15) is 22.4 Å². The molecule has 1 fully saturated rings. The predicted molar refractivity (Wildman–Crippen MR) is 147 cm³/mol. The third kappa shape index (κ3) is 5.25. The lowest BCUT2D eigenvalue weighted by atomic mass is 9.85. The molecule has 202 valence electrons. The number of benzene rings is 1. The second-order valence-corrected chi connectivity index (χ2v) is 12.6. The lowest BCUT2D eigenvalue weighted by molar-refractivity contribution is -0.168. The predicted octanol–water partition coefficient (Wildman–Crippen LogP) is 5.57. The van der Waals surface area contributed by atoms with Gasteiger partial charge >= 0.3 is 5.97 Å². The summed E-state index contributed by atoms with van der Waals surface area (Å²) in [6.07, 6.45) is 5.33. The van der Waals surface area contributed by atoms with Gasteiger partial charge in [0, 0.05) is 36.0 Å². The van der Waals surface area contributed by atoms with Crippen LogP contribution >= 0.6 is 11.3 Å². The van der Waals surface area contributed by atoms with E-state index in [9.17, 15) is 9.59 Å². The number of carbonyl (C=O) groups excluding carboxylic acids is 2. The summed E-state index contributed by atoms with van der Waals surface area (Å²) in [6, 6.07) is 6.64. The lowest BCUT2D eigenvalue weighted by Crippen LogP contribution is -2.58. The first kappa shape index (κ1) is 27.6. The van der Waals surface area contributed by atoms with Gasteiger partial charge in [-0.2, -0.15) is 5.10 Å². The van der Waals surface area contributed by atoms with Gasteiger partial charge in [-0.15, -0.1) is 11.3 Å². The Morgan fingerprint density at radius 2 is 1.92 bits per heavy atom. The van der Waals surface area contributed by atoms with Crippen molar-refractivity contribution in [2.45, 2.75) is 77.1 Å². The van der Waals surface area contributed by atoms with Gasteiger partial charge in [0.25, 0.3) is 5.91 Å². The number of thiazole rings is 1. The SMILES string of the molecule is C=C1CC(Cn2cccn2)(C(=O)OC(C)(C)C)N(C(=O)c2ccc(C(C)(C)C)c(OC)c2)C1c1nccs1. The quantitative estimate of drug-likeness (QED) is 0.302. The second kappa shape index (κ2) is 10.0. The Hall–Kier alpha value is -3.46. The Balaban J connectivity index is 1.91. The maximum absolute atomic E-state index is 14.5. The number of nitrogens with zero attached hydrogens (tertiary/aromatic N) is 4. The van der Waals surface area contributed by atoms with Crippen LogP contribution in [0.5, 0.6) is 5.75 Å². The summed E-state index contributed by atoms with van der Waals surface area (Å²) < 4.78 is 13.3. The van der Waals surface area contributed by atoms with E-state index in [1.54, 1.807) is 53.5 Å². The van der Waals surface area contributed by atoms with Crippen LogP contribution < -0.4 is 4.74 Å². The number of aromatic nitrogens is 3. The Kier molecular flexibility index (Phi) is 7.27. The molecule has 3 heterocycles. The molecule has 0 saturated carbocycles. The molecule has 9 heteroatoms. The van der Waals surface area contributed by atoms with Gasteiger partial charge in [0.2, 0.25) is 0 Å². The van der Waals surface area contributed by atoms with Crippen LogP contribution in [0, 0.1) is 0 Å². The van der Waals surface area contributed by atoms with E-state index in [-0.39, 0.29) is 24.3 Å². The summed E-state index contributed by atoms with van der Waals surface area (Å²) >= 11 is 1.42. The first-order valence-corrected chi connectivity index (χ1v) is 13.4. The number of hydrogen-bond acceptors (Lipinski definition) is 7. The molecular weight excluding hydrogens is 500 g/mol. The third-order valence-corrected chi connectivity index (χ3v) is 7.38. The summed E-state index contributed by atoms with van der Waals surface area (Å²) in [7, 11) is 1.59. The fourth-order valence-corrected chi connectivity index (χ4v) is 5.72. The molecule has 2 atom stereocenters. The molecule has 4 rings (SSSR count). The molecule has 2 aromatic heterocycles. The molecular formula is C29H36N4O4S. The molecule has 0 radical (unpaired) electrons. The molecule has 2 unspecified atom stereocenters. The molecule has 1 aromatic carbocycles. The monoisotopic (exact) mass is 536 g/mol. The van der Waals surface area contributed by atoms with E-state index in [2.05, 4.69) is 37.4 Å². The van der Waals surface area contributed by atoms with Gasteiger partial charge in [-0.25, -0.2) is 9.78 Å². The highest BCUT2D eigenvalue weighted by Crippen LogP contribution is 2.49. The number of rotatable bonds is 6. The van der Waals surface area contributed by atoms with E-state index in [1.165, 1.54) is 11.3 Å². The van der Waals surface area contributed by atoms with Crippen molar-refractivity contribution in [3.05, 3.63) is 76.5 Å². The molecule has 1 amide bonds. The average molecular weight is 537 g/mol. The van der Waals surface area contributed by atoms with Crippen molar-refractivity contribution in [3.8, 4) is 5.75 Å². The third-order valence-electron chi connectivity index (χ3n) is 6.55. The zero-order valence-corrected chi connectivity index (χ0v) is 24.0. The second-order valence-electron chi connectivity index (χ2n) is 11.7. The number of hydrogen-bond donors (Lipinski definition) is 0. The Morgan fingerprint density at radius 1 is 1.18 bits per heavy atom. The van der Waals surface area contributed by atoms with Crippen LogP contribution in [0.2, 0.25) is 0 Å². The molecule has 0 N–H and O–H groups in total. The summed E-state index contributed by atoms with van der Waals surface area (Å²) in [5.41, 5.74) is -0.239. The van der Waals surface area contributed by atoms with E-state index >= 15 is 0 Å². The van der Waals surface area contributed by atoms with Crippen LogP contribution in [0.15, 0.2) is 60.4 Å². The normalized spacial score (nSPS) is 20.0. The van der Waals surface area contributed by atoms with Crippen LogP contribution in [0.4, 0.5) is 0 Å². The maximum Gasteiger partial charge on any atom is 0.334 e.